The zero-order chi connectivity index (χ0) is 13.8. The number of rotatable bonds is 3. The highest BCUT2D eigenvalue weighted by atomic mass is 16.5. The topological polar surface area (TPSA) is 48.1 Å². The number of nitrogens with zero attached hydrogens (tertiary/aromatic N) is 3. The molecule has 0 spiro atoms. The van der Waals surface area contributed by atoms with Crippen molar-refractivity contribution in [2.24, 2.45) is 0 Å². The van der Waals surface area contributed by atoms with Crippen LogP contribution in [0, 0.1) is 0 Å². The number of hydrogen-bond acceptors (Lipinski definition) is 5. The molecule has 2 heterocycles. The summed E-state index contributed by atoms with van der Waals surface area (Å²) in [6.45, 7) is 6.17. The van der Waals surface area contributed by atoms with Gasteiger partial charge in [-0.1, -0.05) is 0 Å². The number of carbonyl (C=O) groups excluding carboxylic acids is 1. The van der Waals surface area contributed by atoms with Gasteiger partial charge in [-0.25, -0.2) is 0 Å². The van der Waals surface area contributed by atoms with Gasteiger partial charge in [0.05, 0.1) is 12.7 Å². The highest BCUT2D eigenvalue weighted by Crippen LogP contribution is 2.11. The molecular weight excluding hydrogens is 244 g/mol. The molecule has 110 valence electrons. The number of morpholine rings is 1. The Morgan fingerprint density at radius 3 is 2.89 bits per heavy atom. The summed E-state index contributed by atoms with van der Waals surface area (Å²) in [5, 5.41) is 3.31. The number of ether oxygens (including phenoxy) is 1. The number of likely N-dealkylation sites (N-methyl/N-ethyl adjacent to an activating group) is 2. The fraction of sp³-hybridized carbons (Fsp3) is 0.923. The smallest absolute Gasteiger partial charge is 0.240 e. The quantitative estimate of drug-likeness (QED) is 0.689. The minimum absolute atomic E-state index is 0.0559. The molecule has 0 aromatic heterocycles. The van der Waals surface area contributed by atoms with Crippen molar-refractivity contribution in [2.45, 2.75) is 12.1 Å². The standard InChI is InChI=1S/C13H26N4O2/c1-15(2)13(18)12-8-14-4-5-17(12)10-11-9-16(3)6-7-19-11/h11-12,14H,4-10H2,1-3H3. The minimum atomic E-state index is -0.0559. The Morgan fingerprint density at radius 1 is 1.42 bits per heavy atom. The van der Waals surface area contributed by atoms with Crippen molar-refractivity contribution < 1.29 is 9.53 Å². The van der Waals surface area contributed by atoms with Gasteiger partial charge in [0.1, 0.15) is 6.04 Å². The second-order valence-electron chi connectivity index (χ2n) is 5.70. The van der Waals surface area contributed by atoms with Crippen LogP contribution in [-0.4, -0.2) is 99.8 Å². The van der Waals surface area contributed by atoms with Gasteiger partial charge in [-0.05, 0) is 7.05 Å². The van der Waals surface area contributed by atoms with E-state index in [1.54, 1.807) is 4.90 Å². The molecule has 0 bridgehead atoms. The van der Waals surface area contributed by atoms with Crippen molar-refractivity contribution in [1.29, 1.82) is 0 Å². The SMILES string of the molecule is CN1CCOC(CN2CCNCC2C(=O)N(C)C)C1. The molecule has 2 unspecified atom stereocenters. The molecule has 6 heteroatoms. The third-order valence-corrected chi connectivity index (χ3v) is 3.86. The van der Waals surface area contributed by atoms with Crippen LogP contribution in [0.5, 0.6) is 0 Å². The Balaban J connectivity index is 1.93. The Hall–Kier alpha value is -0.690. The fourth-order valence-corrected chi connectivity index (χ4v) is 2.75. The van der Waals surface area contributed by atoms with Crippen molar-refractivity contribution in [1.82, 2.24) is 20.0 Å². The maximum Gasteiger partial charge on any atom is 0.240 e. The normalized spacial score (nSPS) is 30.3. The van der Waals surface area contributed by atoms with E-state index in [2.05, 4.69) is 22.2 Å². The van der Waals surface area contributed by atoms with E-state index in [4.69, 9.17) is 4.74 Å². The van der Waals surface area contributed by atoms with E-state index in [1.807, 2.05) is 14.1 Å². The van der Waals surface area contributed by atoms with E-state index in [0.717, 1.165) is 45.9 Å². The highest BCUT2D eigenvalue weighted by Gasteiger charge is 2.32. The van der Waals surface area contributed by atoms with Crippen molar-refractivity contribution in [3.63, 3.8) is 0 Å². The predicted octanol–water partition coefficient (Wildman–Crippen LogP) is -1.32. The van der Waals surface area contributed by atoms with Gasteiger partial charge in [0.2, 0.25) is 5.91 Å². The largest absolute Gasteiger partial charge is 0.374 e. The molecule has 0 aromatic rings. The summed E-state index contributed by atoms with van der Waals surface area (Å²) in [6, 6.07) is -0.0559. The van der Waals surface area contributed by atoms with Crippen molar-refractivity contribution >= 4 is 5.91 Å². The molecule has 2 fully saturated rings. The van der Waals surface area contributed by atoms with Crippen LogP contribution in [0.2, 0.25) is 0 Å². The number of nitrogens with one attached hydrogen (secondary N) is 1. The van der Waals surface area contributed by atoms with Crippen molar-refractivity contribution in [2.75, 3.05) is 67.0 Å². The van der Waals surface area contributed by atoms with Gasteiger partial charge < -0.3 is 19.9 Å². The number of piperazine rings is 1. The first-order valence-electron chi connectivity index (χ1n) is 7.04. The second kappa shape index (κ2) is 6.65. The van der Waals surface area contributed by atoms with Crippen LogP contribution in [0.25, 0.3) is 0 Å². The number of hydrogen-bond donors (Lipinski definition) is 1. The van der Waals surface area contributed by atoms with Crippen LogP contribution in [0.1, 0.15) is 0 Å². The molecule has 2 aliphatic rings. The molecular formula is C13H26N4O2. The summed E-state index contributed by atoms with van der Waals surface area (Å²) in [4.78, 5) is 18.4. The third kappa shape index (κ3) is 3.89. The highest BCUT2D eigenvalue weighted by molar-refractivity contribution is 5.81. The summed E-state index contributed by atoms with van der Waals surface area (Å²) >= 11 is 0. The lowest BCUT2D eigenvalue weighted by Crippen LogP contribution is -2.60. The first-order valence-corrected chi connectivity index (χ1v) is 7.04. The molecule has 0 aliphatic carbocycles. The first kappa shape index (κ1) is 14.7. The van der Waals surface area contributed by atoms with Gasteiger partial charge in [-0.15, -0.1) is 0 Å². The molecule has 2 aliphatic heterocycles. The van der Waals surface area contributed by atoms with Crippen LogP contribution >= 0.6 is 0 Å². The molecule has 6 nitrogen and oxygen atoms in total. The van der Waals surface area contributed by atoms with E-state index < -0.39 is 0 Å². The van der Waals surface area contributed by atoms with Gasteiger partial charge in [-0.3, -0.25) is 9.69 Å². The maximum absolute atomic E-state index is 12.2. The van der Waals surface area contributed by atoms with Crippen LogP contribution in [0.3, 0.4) is 0 Å². The van der Waals surface area contributed by atoms with Gasteiger partial charge in [0, 0.05) is 53.4 Å². The Morgan fingerprint density at radius 2 is 2.21 bits per heavy atom. The monoisotopic (exact) mass is 270 g/mol. The molecule has 2 atom stereocenters. The lowest BCUT2D eigenvalue weighted by Gasteiger charge is -2.40. The summed E-state index contributed by atoms with van der Waals surface area (Å²) < 4.78 is 5.81. The molecule has 19 heavy (non-hydrogen) atoms. The van der Waals surface area contributed by atoms with Crippen LogP contribution in [0.15, 0.2) is 0 Å². The molecule has 1 amide bonds. The van der Waals surface area contributed by atoms with E-state index in [1.165, 1.54) is 0 Å². The predicted molar refractivity (Wildman–Crippen MR) is 74.2 cm³/mol. The summed E-state index contributed by atoms with van der Waals surface area (Å²) in [5.74, 6) is 0.177. The number of carbonyl (C=O) groups is 1. The maximum atomic E-state index is 12.2. The van der Waals surface area contributed by atoms with E-state index in [0.29, 0.717) is 0 Å². The Bertz CT molecular complexity index is 311. The lowest BCUT2D eigenvalue weighted by molar-refractivity contribution is -0.136. The molecule has 0 radical (unpaired) electrons. The van der Waals surface area contributed by atoms with E-state index >= 15 is 0 Å². The van der Waals surface area contributed by atoms with Crippen LogP contribution in [-0.2, 0) is 9.53 Å². The zero-order valence-corrected chi connectivity index (χ0v) is 12.3. The molecule has 1 N–H and O–H groups in total. The number of amides is 1. The summed E-state index contributed by atoms with van der Waals surface area (Å²) in [7, 11) is 5.76. The average Bonchev–Trinajstić information content (AvgIpc) is 2.38. The molecule has 0 aromatic carbocycles. The first-order chi connectivity index (χ1) is 9.08. The summed E-state index contributed by atoms with van der Waals surface area (Å²) in [6.07, 6.45) is 0.217. The lowest BCUT2D eigenvalue weighted by atomic mass is 10.1. The van der Waals surface area contributed by atoms with Crippen molar-refractivity contribution in [3.05, 3.63) is 0 Å². The molecule has 2 saturated heterocycles. The van der Waals surface area contributed by atoms with Gasteiger partial charge in [0.15, 0.2) is 0 Å². The average molecular weight is 270 g/mol. The van der Waals surface area contributed by atoms with Gasteiger partial charge >= 0.3 is 0 Å². The Labute approximate surface area is 115 Å². The van der Waals surface area contributed by atoms with Crippen LogP contribution < -0.4 is 5.32 Å². The molecule has 0 saturated carbocycles. The van der Waals surface area contributed by atoms with Crippen molar-refractivity contribution in [3.8, 4) is 0 Å². The van der Waals surface area contributed by atoms with Gasteiger partial charge in [-0.2, -0.15) is 0 Å². The summed E-state index contributed by atoms with van der Waals surface area (Å²) in [5.41, 5.74) is 0. The van der Waals surface area contributed by atoms with Crippen LogP contribution in [0.4, 0.5) is 0 Å². The third-order valence-electron chi connectivity index (χ3n) is 3.86. The second-order valence-corrected chi connectivity index (χ2v) is 5.70. The zero-order valence-electron chi connectivity index (χ0n) is 12.3. The van der Waals surface area contributed by atoms with E-state index in [9.17, 15) is 4.79 Å². The Kier molecular flexibility index (Phi) is 5.15. The fourth-order valence-electron chi connectivity index (χ4n) is 2.75. The van der Waals surface area contributed by atoms with Gasteiger partial charge in [0.25, 0.3) is 0 Å². The minimum Gasteiger partial charge on any atom is -0.374 e. The van der Waals surface area contributed by atoms with E-state index in [-0.39, 0.29) is 18.1 Å². The molecule has 2 rings (SSSR count).